The fourth-order valence-electron chi connectivity index (χ4n) is 2.48. The minimum atomic E-state index is -5.15. The normalized spacial score (nSPS) is 27.2. The number of ether oxygens (including phenoxy) is 1. The Bertz CT molecular complexity index is 641. The SMILES string of the molecule is CCOC(=O)[C@H]1[C@@H](c2ccc(Br)cc2)NC(=S)N[C@@]1(O)C(F)(F)F. The van der Waals surface area contributed by atoms with E-state index in [0.29, 0.717) is 10.0 Å². The Morgan fingerprint density at radius 2 is 2.00 bits per heavy atom. The van der Waals surface area contributed by atoms with Crippen molar-refractivity contribution >= 4 is 39.2 Å². The molecule has 5 nitrogen and oxygen atoms in total. The molecule has 0 saturated carbocycles. The van der Waals surface area contributed by atoms with Crippen LogP contribution >= 0.6 is 28.1 Å². The maximum Gasteiger partial charge on any atom is 0.437 e. The quantitative estimate of drug-likeness (QED) is 0.509. The van der Waals surface area contributed by atoms with Crippen LogP contribution in [0.4, 0.5) is 13.2 Å². The molecule has 0 radical (unpaired) electrons. The van der Waals surface area contributed by atoms with Crippen LogP contribution < -0.4 is 10.6 Å². The van der Waals surface area contributed by atoms with Crippen LogP contribution in [0.25, 0.3) is 0 Å². The Hall–Kier alpha value is -1.39. The van der Waals surface area contributed by atoms with Gasteiger partial charge in [0.1, 0.15) is 5.92 Å². The average molecular weight is 427 g/mol. The Balaban J connectivity index is 2.55. The molecular formula is C14H14BrF3N2O3S. The van der Waals surface area contributed by atoms with Crippen LogP contribution in [-0.4, -0.2) is 34.7 Å². The second kappa shape index (κ2) is 6.85. The van der Waals surface area contributed by atoms with Gasteiger partial charge in [-0.1, -0.05) is 28.1 Å². The Kier molecular flexibility index (Phi) is 5.41. The molecule has 0 unspecified atom stereocenters. The van der Waals surface area contributed by atoms with Crippen LogP contribution in [-0.2, 0) is 9.53 Å². The molecule has 1 aliphatic rings. The van der Waals surface area contributed by atoms with E-state index in [2.05, 4.69) is 21.2 Å². The molecule has 3 N–H and O–H groups in total. The number of esters is 1. The molecule has 1 heterocycles. The molecule has 0 amide bonds. The summed E-state index contributed by atoms with van der Waals surface area (Å²) in [5.74, 6) is -3.17. The lowest BCUT2D eigenvalue weighted by atomic mass is 9.82. The first-order valence-corrected chi connectivity index (χ1v) is 8.10. The minimum absolute atomic E-state index is 0.124. The van der Waals surface area contributed by atoms with Crippen molar-refractivity contribution in [1.82, 2.24) is 10.6 Å². The van der Waals surface area contributed by atoms with E-state index in [1.165, 1.54) is 19.1 Å². The zero-order chi connectivity index (χ0) is 18.1. The van der Waals surface area contributed by atoms with Gasteiger partial charge in [0.05, 0.1) is 12.6 Å². The Labute approximate surface area is 149 Å². The summed E-state index contributed by atoms with van der Waals surface area (Å²) in [4.78, 5) is 12.2. The maximum atomic E-state index is 13.5. The van der Waals surface area contributed by atoms with Gasteiger partial charge in [-0.3, -0.25) is 4.79 Å². The predicted molar refractivity (Wildman–Crippen MR) is 86.9 cm³/mol. The monoisotopic (exact) mass is 426 g/mol. The second-order valence-electron chi connectivity index (χ2n) is 5.12. The van der Waals surface area contributed by atoms with Crippen LogP contribution in [0.1, 0.15) is 18.5 Å². The molecule has 1 aromatic rings. The zero-order valence-corrected chi connectivity index (χ0v) is 14.8. The number of aliphatic hydroxyl groups is 1. The Morgan fingerprint density at radius 1 is 1.42 bits per heavy atom. The predicted octanol–water partition coefficient (Wildman–Crippen LogP) is 2.40. The third-order valence-corrected chi connectivity index (χ3v) is 4.32. The number of hydrogen-bond acceptors (Lipinski definition) is 4. The van der Waals surface area contributed by atoms with E-state index in [0.717, 1.165) is 0 Å². The second-order valence-corrected chi connectivity index (χ2v) is 6.45. The third kappa shape index (κ3) is 3.50. The van der Waals surface area contributed by atoms with Crippen LogP contribution in [0, 0.1) is 5.92 Å². The number of thiocarbonyl (C=S) groups is 1. The van der Waals surface area contributed by atoms with Gasteiger partial charge in [-0.25, -0.2) is 0 Å². The third-order valence-electron chi connectivity index (χ3n) is 3.58. The van der Waals surface area contributed by atoms with Crippen molar-refractivity contribution in [2.75, 3.05) is 6.61 Å². The van der Waals surface area contributed by atoms with Crippen LogP contribution in [0.5, 0.6) is 0 Å². The number of carbonyl (C=O) groups excluding carboxylic acids is 1. The fraction of sp³-hybridized carbons (Fsp3) is 0.429. The highest BCUT2D eigenvalue weighted by atomic mass is 79.9. The maximum absolute atomic E-state index is 13.5. The highest BCUT2D eigenvalue weighted by Crippen LogP contribution is 2.43. The summed E-state index contributed by atoms with van der Waals surface area (Å²) < 4.78 is 45.9. The molecule has 1 aromatic carbocycles. The first-order valence-electron chi connectivity index (χ1n) is 6.90. The van der Waals surface area contributed by atoms with Crippen molar-refractivity contribution in [1.29, 1.82) is 0 Å². The molecule has 132 valence electrons. The largest absolute Gasteiger partial charge is 0.466 e. The highest BCUT2D eigenvalue weighted by Gasteiger charge is 2.66. The Morgan fingerprint density at radius 3 is 2.50 bits per heavy atom. The molecule has 10 heteroatoms. The van der Waals surface area contributed by atoms with Crippen molar-refractivity contribution in [2.24, 2.45) is 5.92 Å². The van der Waals surface area contributed by atoms with Gasteiger partial charge in [0, 0.05) is 4.47 Å². The minimum Gasteiger partial charge on any atom is -0.466 e. The first kappa shape index (κ1) is 18.9. The van der Waals surface area contributed by atoms with E-state index in [1.54, 1.807) is 17.4 Å². The van der Waals surface area contributed by atoms with Crippen LogP contribution in [0.2, 0.25) is 0 Å². The summed E-state index contributed by atoms with van der Waals surface area (Å²) in [5.41, 5.74) is -3.19. The van der Waals surface area contributed by atoms with Gasteiger partial charge < -0.3 is 20.5 Å². The summed E-state index contributed by atoms with van der Waals surface area (Å²) >= 11 is 8.01. The summed E-state index contributed by atoms with van der Waals surface area (Å²) in [7, 11) is 0. The van der Waals surface area contributed by atoms with E-state index in [9.17, 15) is 23.1 Å². The number of carbonyl (C=O) groups is 1. The molecule has 1 saturated heterocycles. The average Bonchev–Trinajstić information content (AvgIpc) is 2.46. The number of alkyl halides is 3. The highest BCUT2D eigenvalue weighted by molar-refractivity contribution is 9.10. The molecule has 0 spiro atoms. The molecule has 24 heavy (non-hydrogen) atoms. The molecule has 0 bridgehead atoms. The van der Waals surface area contributed by atoms with Crippen molar-refractivity contribution in [2.45, 2.75) is 24.9 Å². The van der Waals surface area contributed by atoms with E-state index in [1.807, 2.05) is 0 Å². The van der Waals surface area contributed by atoms with Gasteiger partial charge in [-0.15, -0.1) is 0 Å². The van der Waals surface area contributed by atoms with E-state index < -0.39 is 34.9 Å². The van der Waals surface area contributed by atoms with E-state index in [4.69, 9.17) is 17.0 Å². The molecule has 1 fully saturated rings. The zero-order valence-electron chi connectivity index (χ0n) is 12.4. The molecule has 0 aliphatic carbocycles. The summed E-state index contributed by atoms with van der Waals surface area (Å²) in [6.45, 7) is 1.34. The van der Waals surface area contributed by atoms with Crippen LogP contribution in [0.3, 0.4) is 0 Å². The van der Waals surface area contributed by atoms with Gasteiger partial charge in [-0.2, -0.15) is 13.2 Å². The van der Waals surface area contributed by atoms with Gasteiger partial charge in [0.2, 0.25) is 0 Å². The summed E-state index contributed by atoms with van der Waals surface area (Å²) in [5, 5.41) is 14.2. The standard InChI is InChI=1S/C14H14BrF3N2O3S/c1-2-23-11(21)9-10(7-3-5-8(15)6-4-7)19-12(24)20-13(9,22)14(16,17)18/h3-6,9-10,22H,2H2,1H3,(H2,19,20,24)/t9-,10-,13+/m1/s1. The molecule has 2 rings (SSSR count). The lowest BCUT2D eigenvalue weighted by Gasteiger charge is -2.45. The van der Waals surface area contributed by atoms with Gasteiger partial charge >= 0.3 is 12.1 Å². The van der Waals surface area contributed by atoms with Gasteiger partial charge in [0.15, 0.2) is 5.11 Å². The summed E-state index contributed by atoms with van der Waals surface area (Å²) in [6, 6.07) is 5.06. The van der Waals surface area contributed by atoms with Crippen molar-refractivity contribution in [3.05, 3.63) is 34.3 Å². The number of benzene rings is 1. The summed E-state index contributed by atoms with van der Waals surface area (Å²) in [6.07, 6.45) is -5.15. The topological polar surface area (TPSA) is 70.6 Å². The number of hydrogen-bond donors (Lipinski definition) is 3. The molecular weight excluding hydrogens is 413 g/mol. The number of rotatable bonds is 3. The first-order chi connectivity index (χ1) is 11.1. The smallest absolute Gasteiger partial charge is 0.437 e. The van der Waals surface area contributed by atoms with Crippen molar-refractivity contribution in [3.63, 3.8) is 0 Å². The lowest BCUT2D eigenvalue weighted by Crippen LogP contribution is -2.73. The van der Waals surface area contributed by atoms with Gasteiger partial charge in [-0.05, 0) is 36.8 Å². The van der Waals surface area contributed by atoms with E-state index >= 15 is 0 Å². The van der Waals surface area contributed by atoms with Crippen molar-refractivity contribution in [3.8, 4) is 0 Å². The fourth-order valence-corrected chi connectivity index (χ4v) is 3.03. The van der Waals surface area contributed by atoms with Crippen molar-refractivity contribution < 1.29 is 27.8 Å². The van der Waals surface area contributed by atoms with E-state index in [-0.39, 0.29) is 6.61 Å². The van der Waals surface area contributed by atoms with Gasteiger partial charge in [0.25, 0.3) is 5.72 Å². The molecule has 0 aromatic heterocycles. The number of nitrogens with one attached hydrogen (secondary N) is 2. The number of halogens is 4. The molecule has 3 atom stereocenters. The molecule has 1 aliphatic heterocycles. The van der Waals surface area contributed by atoms with Crippen LogP contribution in [0.15, 0.2) is 28.7 Å². The lowest BCUT2D eigenvalue weighted by molar-refractivity contribution is -0.292.